The number of H-pyrrole nitrogens is 1. The maximum Gasteiger partial charge on any atom is 0.133 e. The molecule has 22 heavy (non-hydrogen) atoms. The van der Waals surface area contributed by atoms with Crippen LogP contribution in [0.25, 0.3) is 32.8 Å². The van der Waals surface area contributed by atoms with E-state index in [0.717, 1.165) is 11.0 Å². The van der Waals surface area contributed by atoms with Crippen LogP contribution in [0.4, 0.5) is 0 Å². The average Bonchev–Trinajstić information content (AvgIpc) is 3.19. The van der Waals surface area contributed by atoms with Gasteiger partial charge >= 0.3 is 0 Å². The van der Waals surface area contributed by atoms with Crippen LogP contribution in [0.1, 0.15) is 0 Å². The van der Waals surface area contributed by atoms with Crippen LogP contribution in [0.5, 0.6) is 0 Å². The Morgan fingerprint density at radius 1 is 0.591 bits per heavy atom. The third kappa shape index (κ3) is 2.25. The van der Waals surface area contributed by atoms with Gasteiger partial charge in [-0.1, -0.05) is 54.6 Å². The molecule has 0 aliphatic carbocycles. The molecule has 2 aromatic heterocycles. The molecule has 1 N–H and O–H groups in total. The van der Waals surface area contributed by atoms with Crippen molar-refractivity contribution >= 4 is 32.8 Å². The molecule has 0 saturated carbocycles. The lowest BCUT2D eigenvalue weighted by Crippen LogP contribution is -1.62. The number of hydrogen-bond acceptors (Lipinski definition) is 1. The van der Waals surface area contributed by atoms with Gasteiger partial charge in [-0.2, -0.15) is 0 Å². The number of rotatable bonds is 0. The first-order valence-corrected chi connectivity index (χ1v) is 7.29. The van der Waals surface area contributed by atoms with Gasteiger partial charge in [0.2, 0.25) is 0 Å². The third-order valence-electron chi connectivity index (χ3n) is 3.78. The Balaban J connectivity index is 0.000000122. The lowest BCUT2D eigenvalue weighted by atomic mass is 10.2. The van der Waals surface area contributed by atoms with Gasteiger partial charge in [0.25, 0.3) is 0 Å². The Labute approximate surface area is 128 Å². The maximum atomic E-state index is 5.12. The van der Waals surface area contributed by atoms with Gasteiger partial charge in [0, 0.05) is 27.2 Å². The van der Waals surface area contributed by atoms with Gasteiger partial charge in [0.1, 0.15) is 5.58 Å². The fourth-order valence-electron chi connectivity index (χ4n) is 2.71. The first-order valence-electron chi connectivity index (χ1n) is 7.29. The molecule has 5 aromatic rings. The second-order valence-electron chi connectivity index (χ2n) is 5.17. The van der Waals surface area contributed by atoms with Crippen molar-refractivity contribution in [1.29, 1.82) is 0 Å². The largest absolute Gasteiger partial charge is 0.464 e. The number of benzene rings is 3. The summed E-state index contributed by atoms with van der Waals surface area (Å²) in [4.78, 5) is 3.38. The van der Waals surface area contributed by atoms with E-state index >= 15 is 0 Å². The molecular weight excluding hydrogens is 270 g/mol. The van der Waals surface area contributed by atoms with Crippen LogP contribution in [0, 0.1) is 0 Å². The number of para-hydroxylation sites is 3. The molecule has 2 heterocycles. The molecule has 0 spiro atoms. The number of hydrogen-bond donors (Lipinski definition) is 1. The van der Waals surface area contributed by atoms with E-state index in [-0.39, 0.29) is 0 Å². The first-order chi connectivity index (χ1) is 10.9. The molecule has 2 nitrogen and oxygen atoms in total. The summed E-state index contributed by atoms with van der Waals surface area (Å²) in [5, 5.41) is 3.77. The standard InChI is InChI=1S/C12H9N.C8H6O/c1-3-7-11-9(5-1)10-6-2-4-8-12(10)13-11;1-2-4-8-7(3-1)5-6-9-8/h1-8,13H;1-6H. The van der Waals surface area contributed by atoms with Gasteiger partial charge in [-0.3, -0.25) is 0 Å². The molecule has 0 unspecified atom stereocenters. The van der Waals surface area contributed by atoms with Gasteiger partial charge in [-0.25, -0.2) is 0 Å². The highest BCUT2D eigenvalue weighted by atomic mass is 16.3. The van der Waals surface area contributed by atoms with Crippen molar-refractivity contribution in [3.63, 3.8) is 0 Å². The minimum atomic E-state index is 0.956. The molecule has 3 aromatic carbocycles. The fourth-order valence-corrected chi connectivity index (χ4v) is 2.71. The van der Waals surface area contributed by atoms with E-state index in [9.17, 15) is 0 Å². The molecule has 106 valence electrons. The maximum absolute atomic E-state index is 5.12. The van der Waals surface area contributed by atoms with E-state index in [1.54, 1.807) is 6.26 Å². The van der Waals surface area contributed by atoms with E-state index in [0.29, 0.717) is 0 Å². The number of aromatic amines is 1. The zero-order valence-corrected chi connectivity index (χ0v) is 12.0. The van der Waals surface area contributed by atoms with Gasteiger partial charge in [0.05, 0.1) is 6.26 Å². The molecule has 2 heteroatoms. The van der Waals surface area contributed by atoms with E-state index in [2.05, 4.69) is 53.5 Å². The van der Waals surface area contributed by atoms with Gasteiger partial charge < -0.3 is 9.40 Å². The molecule has 0 amide bonds. The van der Waals surface area contributed by atoms with Crippen molar-refractivity contribution in [3.8, 4) is 0 Å². The third-order valence-corrected chi connectivity index (χ3v) is 3.78. The predicted octanol–water partition coefficient (Wildman–Crippen LogP) is 5.75. The topological polar surface area (TPSA) is 28.9 Å². The van der Waals surface area contributed by atoms with Gasteiger partial charge in [-0.05, 0) is 24.3 Å². The number of aromatic nitrogens is 1. The highest BCUT2D eigenvalue weighted by Crippen LogP contribution is 2.24. The summed E-state index contributed by atoms with van der Waals surface area (Å²) >= 11 is 0. The molecule has 0 radical (unpaired) electrons. The summed E-state index contributed by atoms with van der Waals surface area (Å²) in [6.07, 6.45) is 1.70. The zero-order valence-electron chi connectivity index (χ0n) is 12.0. The number of fused-ring (bicyclic) bond motifs is 4. The van der Waals surface area contributed by atoms with Crippen LogP contribution in [0.15, 0.2) is 89.5 Å². The fraction of sp³-hybridized carbons (Fsp3) is 0. The highest BCUT2D eigenvalue weighted by molar-refractivity contribution is 6.06. The average molecular weight is 285 g/mol. The summed E-state index contributed by atoms with van der Waals surface area (Å²) in [5.41, 5.74) is 3.38. The van der Waals surface area contributed by atoms with Gasteiger partial charge in [0.15, 0.2) is 0 Å². The second-order valence-corrected chi connectivity index (χ2v) is 5.17. The summed E-state index contributed by atoms with van der Waals surface area (Å²) in [6.45, 7) is 0. The van der Waals surface area contributed by atoms with Crippen LogP contribution in [0.2, 0.25) is 0 Å². The van der Waals surface area contributed by atoms with Crippen LogP contribution in [-0.4, -0.2) is 4.98 Å². The molecule has 5 rings (SSSR count). The lowest BCUT2D eigenvalue weighted by Gasteiger charge is -1.87. The number of nitrogens with one attached hydrogen (secondary N) is 1. The SMILES string of the molecule is c1ccc2c(c1)[nH]c1ccccc12.c1ccc2occc2c1. The monoisotopic (exact) mass is 285 g/mol. The molecule has 0 aliphatic heterocycles. The molecule has 0 aliphatic rings. The second kappa shape index (κ2) is 5.41. The van der Waals surface area contributed by atoms with Crippen molar-refractivity contribution in [1.82, 2.24) is 4.98 Å². The summed E-state index contributed by atoms with van der Waals surface area (Å²) < 4.78 is 5.12. The van der Waals surface area contributed by atoms with Crippen LogP contribution >= 0.6 is 0 Å². The Morgan fingerprint density at radius 2 is 1.18 bits per heavy atom. The highest BCUT2D eigenvalue weighted by Gasteiger charge is 2.00. The summed E-state index contributed by atoms with van der Waals surface area (Å²) in [5.74, 6) is 0. The molecule has 0 saturated heterocycles. The summed E-state index contributed by atoms with van der Waals surface area (Å²) in [7, 11) is 0. The van der Waals surface area contributed by atoms with E-state index < -0.39 is 0 Å². The lowest BCUT2D eigenvalue weighted by molar-refractivity contribution is 0.616. The number of furan rings is 1. The van der Waals surface area contributed by atoms with Crippen LogP contribution < -0.4 is 0 Å². The predicted molar refractivity (Wildman–Crippen MR) is 92.0 cm³/mol. The molecule has 0 bridgehead atoms. The molecular formula is C20H15NO. The first kappa shape index (κ1) is 12.7. The van der Waals surface area contributed by atoms with E-state index in [4.69, 9.17) is 4.42 Å². The normalized spacial score (nSPS) is 10.7. The Bertz CT molecular complexity index is 959. The van der Waals surface area contributed by atoms with E-state index in [1.165, 1.54) is 21.8 Å². The van der Waals surface area contributed by atoms with Crippen molar-refractivity contribution in [2.75, 3.05) is 0 Å². The Hall–Kier alpha value is -3.00. The minimum Gasteiger partial charge on any atom is -0.464 e. The van der Waals surface area contributed by atoms with Crippen molar-refractivity contribution < 1.29 is 4.42 Å². The van der Waals surface area contributed by atoms with Gasteiger partial charge in [-0.15, -0.1) is 0 Å². The molecule has 0 fully saturated rings. The Morgan fingerprint density at radius 3 is 1.86 bits per heavy atom. The van der Waals surface area contributed by atoms with Crippen molar-refractivity contribution in [2.24, 2.45) is 0 Å². The quantitative estimate of drug-likeness (QED) is 0.385. The van der Waals surface area contributed by atoms with E-state index in [1.807, 2.05) is 30.3 Å². The summed E-state index contributed by atoms with van der Waals surface area (Å²) in [6, 6.07) is 26.7. The smallest absolute Gasteiger partial charge is 0.133 e. The van der Waals surface area contributed by atoms with Crippen LogP contribution in [-0.2, 0) is 0 Å². The minimum absolute atomic E-state index is 0.956. The molecule has 0 atom stereocenters. The van der Waals surface area contributed by atoms with Crippen molar-refractivity contribution in [3.05, 3.63) is 85.1 Å². The van der Waals surface area contributed by atoms with Crippen LogP contribution in [0.3, 0.4) is 0 Å². The van der Waals surface area contributed by atoms with Crippen molar-refractivity contribution in [2.45, 2.75) is 0 Å². The zero-order chi connectivity index (χ0) is 14.8. The Kier molecular flexibility index (Phi) is 3.13.